The summed E-state index contributed by atoms with van der Waals surface area (Å²) in [6, 6.07) is 10.4. The van der Waals surface area contributed by atoms with E-state index in [1.54, 1.807) is 13.0 Å². The number of thiophene rings is 1. The van der Waals surface area contributed by atoms with Gasteiger partial charge in [0.15, 0.2) is 0 Å². The minimum Gasteiger partial charge on any atom is -0.309 e. The van der Waals surface area contributed by atoms with E-state index in [1.807, 2.05) is 23.6 Å². The van der Waals surface area contributed by atoms with Gasteiger partial charge in [-0.1, -0.05) is 35.9 Å². The molecular formula is C21H16ClF2N3OS. The highest BCUT2D eigenvalue weighted by molar-refractivity contribution is 7.17. The first kappa shape index (κ1) is 19.7. The number of nitrogens with one attached hydrogen (secondary N) is 2. The third-order valence-corrected chi connectivity index (χ3v) is 5.86. The quantitative estimate of drug-likeness (QED) is 0.442. The first-order valence-corrected chi connectivity index (χ1v) is 10.1. The normalized spacial score (nSPS) is 12.4. The average molecular weight is 432 g/mol. The molecule has 0 aliphatic rings. The molecule has 29 heavy (non-hydrogen) atoms. The van der Waals surface area contributed by atoms with Crippen molar-refractivity contribution in [2.24, 2.45) is 0 Å². The molecule has 4 nitrogen and oxygen atoms in total. The Kier molecular flexibility index (Phi) is 5.45. The standard InChI is InChI=1S/C21H16ClF2N3OS/c1-11(13-7-6-12(23)8-17(13)24)25-9-18-26-20(28)19-15(10-29-21(19)27-18)14-4-2-3-5-16(14)22/h2-8,10-11,25H,9H2,1H3,(H,26,27,28). The van der Waals surface area contributed by atoms with Gasteiger partial charge in [0.05, 0.1) is 11.9 Å². The molecule has 0 aliphatic heterocycles. The second-order valence-corrected chi connectivity index (χ2v) is 7.86. The van der Waals surface area contributed by atoms with Crippen LogP contribution in [0.15, 0.2) is 52.6 Å². The minimum atomic E-state index is -0.623. The molecule has 2 N–H and O–H groups in total. The summed E-state index contributed by atoms with van der Waals surface area (Å²) < 4.78 is 27.0. The van der Waals surface area contributed by atoms with Crippen LogP contribution in [-0.2, 0) is 6.54 Å². The van der Waals surface area contributed by atoms with Gasteiger partial charge in [-0.05, 0) is 19.1 Å². The van der Waals surface area contributed by atoms with E-state index in [2.05, 4.69) is 15.3 Å². The van der Waals surface area contributed by atoms with Crippen molar-refractivity contribution in [2.45, 2.75) is 19.5 Å². The van der Waals surface area contributed by atoms with Crippen molar-refractivity contribution in [1.29, 1.82) is 0 Å². The van der Waals surface area contributed by atoms with Gasteiger partial charge in [0, 0.05) is 39.2 Å². The van der Waals surface area contributed by atoms with Crippen LogP contribution in [0.25, 0.3) is 21.3 Å². The number of halogens is 3. The van der Waals surface area contributed by atoms with Crippen molar-refractivity contribution >= 4 is 33.2 Å². The second-order valence-electron chi connectivity index (χ2n) is 6.59. The number of hydrogen-bond acceptors (Lipinski definition) is 4. The molecule has 2 heterocycles. The Hall–Kier alpha value is -2.61. The van der Waals surface area contributed by atoms with Crippen LogP contribution in [0.1, 0.15) is 24.4 Å². The van der Waals surface area contributed by atoms with Crippen LogP contribution in [0.2, 0.25) is 5.02 Å². The molecule has 0 bridgehead atoms. The van der Waals surface area contributed by atoms with E-state index in [-0.39, 0.29) is 12.1 Å². The van der Waals surface area contributed by atoms with Gasteiger partial charge in [0.2, 0.25) is 0 Å². The maximum Gasteiger partial charge on any atom is 0.260 e. The number of nitrogens with zero attached hydrogens (tertiary/aromatic N) is 1. The highest BCUT2D eigenvalue weighted by Crippen LogP contribution is 2.34. The van der Waals surface area contributed by atoms with Gasteiger partial charge < -0.3 is 10.3 Å². The monoisotopic (exact) mass is 431 g/mol. The van der Waals surface area contributed by atoms with E-state index in [0.717, 1.165) is 17.2 Å². The highest BCUT2D eigenvalue weighted by atomic mass is 35.5. The summed E-state index contributed by atoms with van der Waals surface area (Å²) in [5.41, 5.74) is 1.60. The van der Waals surface area contributed by atoms with Gasteiger partial charge in [-0.3, -0.25) is 4.79 Å². The summed E-state index contributed by atoms with van der Waals surface area (Å²) in [7, 11) is 0. The van der Waals surface area contributed by atoms with Crippen molar-refractivity contribution in [1.82, 2.24) is 15.3 Å². The lowest BCUT2D eigenvalue weighted by atomic mass is 10.1. The third-order valence-electron chi connectivity index (χ3n) is 4.66. The van der Waals surface area contributed by atoms with Gasteiger partial charge >= 0.3 is 0 Å². The van der Waals surface area contributed by atoms with Crippen molar-refractivity contribution in [3.05, 3.63) is 86.2 Å². The number of aromatic amines is 1. The van der Waals surface area contributed by atoms with Gasteiger partial charge in [-0.2, -0.15) is 0 Å². The largest absolute Gasteiger partial charge is 0.309 e. The number of fused-ring (bicyclic) bond motifs is 1. The molecule has 8 heteroatoms. The molecule has 1 atom stereocenters. The Labute approximate surface area is 174 Å². The maximum atomic E-state index is 13.9. The molecule has 1 unspecified atom stereocenters. The Bertz CT molecular complexity index is 1250. The van der Waals surface area contributed by atoms with Crippen LogP contribution in [0, 0.1) is 11.6 Å². The van der Waals surface area contributed by atoms with Crippen molar-refractivity contribution in [2.75, 3.05) is 0 Å². The Morgan fingerprint density at radius 3 is 2.76 bits per heavy atom. The van der Waals surface area contributed by atoms with Crippen LogP contribution in [-0.4, -0.2) is 9.97 Å². The number of aromatic nitrogens is 2. The zero-order chi connectivity index (χ0) is 20.5. The van der Waals surface area contributed by atoms with Gasteiger partial charge in [0.25, 0.3) is 5.56 Å². The van der Waals surface area contributed by atoms with Crippen molar-refractivity contribution < 1.29 is 8.78 Å². The van der Waals surface area contributed by atoms with Crippen LogP contribution in [0.4, 0.5) is 8.78 Å². The summed E-state index contributed by atoms with van der Waals surface area (Å²) in [6.45, 7) is 1.98. The zero-order valence-corrected chi connectivity index (χ0v) is 16.9. The van der Waals surface area contributed by atoms with Gasteiger partial charge in [-0.15, -0.1) is 11.3 Å². The van der Waals surface area contributed by atoms with Crippen LogP contribution in [0.3, 0.4) is 0 Å². The van der Waals surface area contributed by atoms with E-state index in [1.165, 1.54) is 23.5 Å². The maximum absolute atomic E-state index is 13.9. The second kappa shape index (κ2) is 8.02. The predicted octanol–water partition coefficient (Wildman–Crippen LogP) is 5.43. The number of H-pyrrole nitrogens is 1. The number of hydrogen-bond donors (Lipinski definition) is 2. The molecule has 2 aromatic carbocycles. The fourth-order valence-corrected chi connectivity index (χ4v) is 4.36. The van der Waals surface area contributed by atoms with E-state index in [9.17, 15) is 13.6 Å². The minimum absolute atomic E-state index is 0.225. The molecule has 0 saturated carbocycles. The summed E-state index contributed by atoms with van der Waals surface area (Å²) >= 11 is 7.63. The lowest BCUT2D eigenvalue weighted by Crippen LogP contribution is -2.22. The molecular weight excluding hydrogens is 416 g/mol. The first-order valence-electron chi connectivity index (χ1n) is 8.87. The fraction of sp³-hybridized carbons (Fsp3) is 0.143. The summed E-state index contributed by atoms with van der Waals surface area (Å²) in [4.78, 5) is 20.6. The number of benzene rings is 2. The molecule has 0 amide bonds. The Balaban J connectivity index is 1.60. The van der Waals surface area contributed by atoms with Crippen molar-refractivity contribution in [3.63, 3.8) is 0 Å². The van der Waals surface area contributed by atoms with E-state index >= 15 is 0 Å². The highest BCUT2D eigenvalue weighted by Gasteiger charge is 2.16. The zero-order valence-electron chi connectivity index (χ0n) is 15.3. The molecule has 4 aromatic rings. The Morgan fingerprint density at radius 1 is 1.21 bits per heavy atom. The molecule has 148 valence electrons. The van der Waals surface area contributed by atoms with Crippen LogP contribution >= 0.6 is 22.9 Å². The van der Waals surface area contributed by atoms with E-state index in [0.29, 0.717) is 26.6 Å². The first-order chi connectivity index (χ1) is 13.9. The van der Waals surface area contributed by atoms with Crippen molar-refractivity contribution in [3.8, 4) is 11.1 Å². The Morgan fingerprint density at radius 2 is 2.00 bits per heavy atom. The third kappa shape index (κ3) is 3.94. The molecule has 0 saturated heterocycles. The smallest absolute Gasteiger partial charge is 0.260 e. The van der Waals surface area contributed by atoms with Crippen LogP contribution in [0.5, 0.6) is 0 Å². The van der Waals surface area contributed by atoms with E-state index < -0.39 is 17.7 Å². The van der Waals surface area contributed by atoms with Crippen LogP contribution < -0.4 is 10.9 Å². The molecule has 0 aliphatic carbocycles. The lowest BCUT2D eigenvalue weighted by Gasteiger charge is -2.14. The molecule has 0 radical (unpaired) electrons. The number of rotatable bonds is 5. The topological polar surface area (TPSA) is 57.8 Å². The SMILES string of the molecule is CC(NCc1nc2scc(-c3ccccc3Cl)c2c(=O)[nH]1)c1ccc(F)cc1F. The summed E-state index contributed by atoms with van der Waals surface area (Å²) in [6.07, 6.45) is 0. The lowest BCUT2D eigenvalue weighted by molar-refractivity contribution is 0.511. The summed E-state index contributed by atoms with van der Waals surface area (Å²) in [5, 5.41) is 6.02. The molecule has 4 rings (SSSR count). The van der Waals surface area contributed by atoms with Gasteiger partial charge in [-0.25, -0.2) is 13.8 Å². The molecule has 0 spiro atoms. The van der Waals surface area contributed by atoms with Gasteiger partial charge in [0.1, 0.15) is 22.3 Å². The fourth-order valence-electron chi connectivity index (χ4n) is 3.17. The predicted molar refractivity (Wildman–Crippen MR) is 112 cm³/mol. The molecule has 2 aromatic heterocycles. The molecule has 0 fully saturated rings. The van der Waals surface area contributed by atoms with E-state index in [4.69, 9.17) is 11.6 Å². The summed E-state index contributed by atoms with van der Waals surface area (Å²) in [5.74, 6) is -0.809. The average Bonchev–Trinajstić information content (AvgIpc) is 3.11.